The first-order chi connectivity index (χ1) is 15.2. The van der Waals surface area contributed by atoms with Crippen molar-refractivity contribution in [2.75, 3.05) is 12.4 Å². The molecule has 0 bridgehead atoms. The fourth-order valence-corrected chi connectivity index (χ4v) is 3.52. The van der Waals surface area contributed by atoms with Gasteiger partial charge in [0.1, 0.15) is 17.0 Å². The number of aliphatic carboxylic acids is 1. The lowest BCUT2D eigenvalue weighted by molar-refractivity contribution is -0.151. The summed E-state index contributed by atoms with van der Waals surface area (Å²) in [6.45, 7) is 3.21. The van der Waals surface area contributed by atoms with E-state index in [-0.39, 0.29) is 5.56 Å². The maximum absolute atomic E-state index is 13.0. The van der Waals surface area contributed by atoms with Gasteiger partial charge in [-0.3, -0.25) is 19.0 Å². The predicted molar refractivity (Wildman–Crippen MR) is 122 cm³/mol. The van der Waals surface area contributed by atoms with E-state index in [4.69, 9.17) is 9.72 Å². The third-order valence-electron chi connectivity index (χ3n) is 5.66. The highest BCUT2D eigenvalue weighted by Crippen LogP contribution is 2.29. The first-order valence-corrected chi connectivity index (χ1v) is 10.1. The Morgan fingerprint density at radius 3 is 2.56 bits per heavy atom. The number of allylic oxidation sites excluding steroid dienone is 1. The molecule has 4 rings (SSSR count). The van der Waals surface area contributed by atoms with Gasteiger partial charge in [0.15, 0.2) is 0 Å². The predicted octanol–water partition coefficient (Wildman–Crippen LogP) is 3.40. The average Bonchev–Trinajstić information content (AvgIpc) is 3.16. The highest BCUT2D eigenvalue weighted by Gasteiger charge is 2.36. The summed E-state index contributed by atoms with van der Waals surface area (Å²) in [6, 6.07) is 12.4. The number of anilines is 1. The first-order valence-electron chi connectivity index (χ1n) is 10.1. The van der Waals surface area contributed by atoms with Crippen molar-refractivity contribution >= 4 is 40.1 Å². The smallest absolute Gasteiger partial charge is 0.318 e. The van der Waals surface area contributed by atoms with Crippen LogP contribution in [0.1, 0.15) is 31.7 Å². The molecule has 1 amide bonds. The zero-order chi connectivity index (χ0) is 23.0. The molecule has 0 fully saturated rings. The minimum Gasteiger partial charge on any atom is -0.497 e. The SMILES string of the molecule is COc1ccc(/C=C2\CCn3c2nc2cc(NC(=O)C(C)(C)C(=O)O)ccc2c3=O)cc1. The Hall–Kier alpha value is -3.94. The quantitative estimate of drug-likeness (QED) is 0.597. The molecule has 164 valence electrons. The standard InChI is InChI=1S/C24H23N3O5/c1-24(2,23(30)31)22(29)25-16-6-9-18-19(13-16)26-20-15(10-11-27(20)21(18)28)12-14-4-7-17(32-3)8-5-14/h4-9,12-13H,10-11H2,1-3H3,(H,25,29)(H,30,31)/b15-12+. The molecule has 0 saturated heterocycles. The van der Waals surface area contributed by atoms with Gasteiger partial charge in [-0.25, -0.2) is 4.98 Å². The van der Waals surface area contributed by atoms with Gasteiger partial charge in [-0.1, -0.05) is 12.1 Å². The van der Waals surface area contributed by atoms with Crippen molar-refractivity contribution in [3.63, 3.8) is 0 Å². The van der Waals surface area contributed by atoms with Crippen LogP contribution >= 0.6 is 0 Å². The van der Waals surface area contributed by atoms with E-state index >= 15 is 0 Å². The van der Waals surface area contributed by atoms with E-state index in [1.807, 2.05) is 30.3 Å². The Kier molecular flexibility index (Phi) is 5.30. The Bertz CT molecular complexity index is 1320. The number of nitrogens with zero attached hydrogens (tertiary/aromatic N) is 2. The number of aromatic nitrogens is 2. The highest BCUT2D eigenvalue weighted by molar-refractivity contribution is 6.08. The van der Waals surface area contributed by atoms with E-state index in [1.165, 1.54) is 13.8 Å². The number of benzene rings is 2. The van der Waals surface area contributed by atoms with Crippen molar-refractivity contribution < 1.29 is 19.4 Å². The average molecular weight is 433 g/mol. The van der Waals surface area contributed by atoms with Gasteiger partial charge in [0.05, 0.1) is 18.0 Å². The number of carboxylic acids is 1. The van der Waals surface area contributed by atoms with Crippen LogP contribution in [0, 0.1) is 5.41 Å². The summed E-state index contributed by atoms with van der Waals surface area (Å²) in [5, 5.41) is 12.3. The van der Waals surface area contributed by atoms with Crippen molar-refractivity contribution in [3.8, 4) is 5.75 Å². The molecule has 1 aromatic heterocycles. The number of hydrogen-bond acceptors (Lipinski definition) is 5. The summed E-state index contributed by atoms with van der Waals surface area (Å²) in [4.78, 5) is 41.4. The van der Waals surface area contributed by atoms with Crippen LogP contribution < -0.4 is 15.6 Å². The van der Waals surface area contributed by atoms with Crippen molar-refractivity contribution in [3.05, 3.63) is 64.2 Å². The molecular formula is C24H23N3O5. The number of carbonyl (C=O) groups is 2. The molecule has 32 heavy (non-hydrogen) atoms. The molecule has 0 radical (unpaired) electrons. The second kappa shape index (κ2) is 7.96. The van der Waals surface area contributed by atoms with E-state index in [0.717, 1.165) is 16.9 Å². The maximum Gasteiger partial charge on any atom is 0.318 e. The molecule has 2 N–H and O–H groups in total. The third-order valence-corrected chi connectivity index (χ3v) is 5.66. The molecular weight excluding hydrogens is 410 g/mol. The Labute approximate surface area is 184 Å². The summed E-state index contributed by atoms with van der Waals surface area (Å²) in [5.74, 6) is -0.520. The molecule has 0 saturated carbocycles. The van der Waals surface area contributed by atoms with E-state index in [9.17, 15) is 19.5 Å². The lowest BCUT2D eigenvalue weighted by Crippen LogP contribution is -2.37. The molecule has 8 nitrogen and oxygen atoms in total. The number of carbonyl (C=O) groups excluding carboxylic acids is 1. The maximum atomic E-state index is 13.0. The molecule has 0 spiro atoms. The number of ether oxygens (including phenoxy) is 1. The molecule has 3 aromatic rings. The van der Waals surface area contributed by atoms with Crippen LogP contribution in [-0.2, 0) is 16.1 Å². The largest absolute Gasteiger partial charge is 0.497 e. The Morgan fingerprint density at radius 2 is 1.91 bits per heavy atom. The third kappa shape index (κ3) is 3.75. The molecule has 0 atom stereocenters. The van der Waals surface area contributed by atoms with Gasteiger partial charge in [-0.2, -0.15) is 0 Å². The number of rotatable bonds is 5. The van der Waals surface area contributed by atoms with Gasteiger partial charge in [0.2, 0.25) is 5.91 Å². The van der Waals surface area contributed by atoms with Crippen LogP contribution in [0.4, 0.5) is 5.69 Å². The molecule has 8 heteroatoms. The lowest BCUT2D eigenvalue weighted by atomic mass is 9.92. The van der Waals surface area contributed by atoms with Crippen molar-refractivity contribution in [1.82, 2.24) is 9.55 Å². The molecule has 0 unspecified atom stereocenters. The van der Waals surface area contributed by atoms with Crippen LogP contribution in [0.2, 0.25) is 0 Å². The van der Waals surface area contributed by atoms with Gasteiger partial charge in [0.25, 0.3) is 5.56 Å². The topological polar surface area (TPSA) is 111 Å². The first kappa shape index (κ1) is 21.3. The normalized spacial score (nSPS) is 14.4. The van der Waals surface area contributed by atoms with Crippen LogP contribution in [0.25, 0.3) is 22.6 Å². The molecule has 2 aromatic carbocycles. The van der Waals surface area contributed by atoms with Crippen LogP contribution in [0.5, 0.6) is 5.75 Å². The van der Waals surface area contributed by atoms with Crippen LogP contribution in [0.15, 0.2) is 47.3 Å². The van der Waals surface area contributed by atoms with E-state index in [0.29, 0.717) is 35.4 Å². The zero-order valence-electron chi connectivity index (χ0n) is 18.0. The number of carboxylic acid groups (broad SMARTS) is 1. The van der Waals surface area contributed by atoms with E-state index < -0.39 is 17.3 Å². The fourth-order valence-electron chi connectivity index (χ4n) is 3.52. The van der Waals surface area contributed by atoms with E-state index in [1.54, 1.807) is 29.9 Å². The molecule has 1 aliphatic heterocycles. The van der Waals surface area contributed by atoms with Crippen molar-refractivity contribution in [1.29, 1.82) is 0 Å². The summed E-state index contributed by atoms with van der Waals surface area (Å²) in [7, 11) is 1.61. The second-order valence-electron chi connectivity index (χ2n) is 8.20. The van der Waals surface area contributed by atoms with Gasteiger partial charge >= 0.3 is 5.97 Å². The number of hydrogen-bond donors (Lipinski definition) is 2. The summed E-state index contributed by atoms with van der Waals surface area (Å²) in [5.41, 5.74) is 0.999. The monoisotopic (exact) mass is 433 g/mol. The van der Waals surface area contributed by atoms with Gasteiger partial charge in [-0.05, 0) is 67.8 Å². The van der Waals surface area contributed by atoms with Gasteiger partial charge in [0, 0.05) is 12.2 Å². The molecule has 0 aliphatic carbocycles. The van der Waals surface area contributed by atoms with Crippen molar-refractivity contribution in [2.45, 2.75) is 26.8 Å². The summed E-state index contributed by atoms with van der Waals surface area (Å²) in [6.07, 6.45) is 2.68. The fraction of sp³-hybridized carbons (Fsp3) is 0.250. The van der Waals surface area contributed by atoms with Crippen LogP contribution in [-0.4, -0.2) is 33.6 Å². The number of fused-ring (bicyclic) bond motifs is 2. The molecule has 2 heterocycles. The zero-order valence-corrected chi connectivity index (χ0v) is 18.0. The minimum atomic E-state index is -1.59. The highest BCUT2D eigenvalue weighted by atomic mass is 16.5. The van der Waals surface area contributed by atoms with E-state index in [2.05, 4.69) is 5.32 Å². The Morgan fingerprint density at radius 1 is 1.19 bits per heavy atom. The Balaban J connectivity index is 1.72. The summed E-state index contributed by atoms with van der Waals surface area (Å²) < 4.78 is 6.85. The molecule has 1 aliphatic rings. The second-order valence-corrected chi connectivity index (χ2v) is 8.20. The van der Waals surface area contributed by atoms with Gasteiger partial charge < -0.3 is 15.2 Å². The minimum absolute atomic E-state index is 0.146. The number of nitrogens with one attached hydrogen (secondary N) is 1. The van der Waals surface area contributed by atoms with Gasteiger partial charge in [-0.15, -0.1) is 0 Å². The number of methoxy groups -OCH3 is 1. The lowest BCUT2D eigenvalue weighted by Gasteiger charge is -2.18. The number of amides is 1. The summed E-state index contributed by atoms with van der Waals surface area (Å²) >= 11 is 0. The van der Waals surface area contributed by atoms with Crippen LogP contribution in [0.3, 0.4) is 0 Å². The van der Waals surface area contributed by atoms with Crippen molar-refractivity contribution in [2.24, 2.45) is 5.41 Å².